The lowest BCUT2D eigenvalue weighted by Crippen LogP contribution is -1.89. The minimum Gasteiger partial charge on any atom is -0.507 e. The Balaban J connectivity index is 0.000000921. The first-order chi connectivity index (χ1) is 7.11. The molecule has 1 aromatic carbocycles. The minimum absolute atomic E-state index is 0.301. The molecule has 1 heteroatoms. The molecule has 82 valence electrons. The third-order valence-corrected chi connectivity index (χ3v) is 2.18. The van der Waals surface area contributed by atoms with E-state index in [9.17, 15) is 5.11 Å². The zero-order valence-electron chi connectivity index (χ0n) is 10.1. The Morgan fingerprint density at radius 1 is 1.00 bits per heavy atom. The Labute approximate surface area is 92.8 Å². The summed E-state index contributed by atoms with van der Waals surface area (Å²) in [7, 11) is 0. The summed E-state index contributed by atoms with van der Waals surface area (Å²) >= 11 is 0. The van der Waals surface area contributed by atoms with Crippen molar-refractivity contribution in [3.8, 4) is 5.75 Å². The number of phenols is 1. The number of hydrogen-bond donors (Lipinski definition) is 1. The zero-order valence-corrected chi connectivity index (χ0v) is 10.1. The van der Waals surface area contributed by atoms with E-state index in [0.29, 0.717) is 5.75 Å². The summed E-state index contributed by atoms with van der Waals surface area (Å²) in [6.45, 7) is 15.3. The van der Waals surface area contributed by atoms with Gasteiger partial charge in [-0.05, 0) is 30.5 Å². The number of aromatic hydroxyl groups is 1. The van der Waals surface area contributed by atoms with Crippen LogP contribution in [0.25, 0.3) is 12.2 Å². The molecule has 1 N–H and O–H groups in total. The lowest BCUT2D eigenvalue weighted by Gasteiger charge is -2.10. The standard InChI is InChI=1S/C12H14O.C2H6/c1-5-10-8(3)7-9(4)12(13)11(10)6-2;1-2/h5-7,13H,1-2H2,3-4H3;1-2H3. The summed E-state index contributed by atoms with van der Waals surface area (Å²) in [4.78, 5) is 0. The summed E-state index contributed by atoms with van der Waals surface area (Å²) in [5.41, 5.74) is 3.71. The molecule has 15 heavy (non-hydrogen) atoms. The highest BCUT2D eigenvalue weighted by Gasteiger charge is 2.07. The van der Waals surface area contributed by atoms with Crippen molar-refractivity contribution >= 4 is 12.2 Å². The van der Waals surface area contributed by atoms with E-state index in [1.165, 1.54) is 0 Å². The Hall–Kier alpha value is -1.50. The van der Waals surface area contributed by atoms with Crippen LogP contribution < -0.4 is 0 Å². The van der Waals surface area contributed by atoms with Crippen molar-refractivity contribution in [1.82, 2.24) is 0 Å². The second-order valence-corrected chi connectivity index (χ2v) is 3.09. The molecule has 0 saturated carbocycles. The van der Waals surface area contributed by atoms with Gasteiger partial charge in [-0.2, -0.15) is 0 Å². The highest BCUT2D eigenvalue weighted by molar-refractivity contribution is 5.72. The smallest absolute Gasteiger partial charge is 0.126 e. The molecular weight excluding hydrogens is 184 g/mol. The average Bonchev–Trinajstić information content (AvgIpc) is 2.25. The Morgan fingerprint density at radius 3 is 1.87 bits per heavy atom. The fourth-order valence-corrected chi connectivity index (χ4v) is 1.50. The van der Waals surface area contributed by atoms with Crippen LogP contribution >= 0.6 is 0 Å². The molecule has 0 amide bonds. The van der Waals surface area contributed by atoms with Crippen molar-refractivity contribution in [3.63, 3.8) is 0 Å². The molecule has 0 radical (unpaired) electrons. The second kappa shape index (κ2) is 6.07. The number of rotatable bonds is 2. The zero-order chi connectivity index (χ0) is 12.0. The van der Waals surface area contributed by atoms with Crippen molar-refractivity contribution in [2.24, 2.45) is 0 Å². The van der Waals surface area contributed by atoms with Crippen LogP contribution in [0, 0.1) is 13.8 Å². The maximum Gasteiger partial charge on any atom is 0.126 e. The molecule has 0 unspecified atom stereocenters. The maximum absolute atomic E-state index is 9.71. The predicted octanol–water partition coefficient (Wildman–Crippen LogP) is 4.32. The summed E-state index contributed by atoms with van der Waals surface area (Å²) in [5.74, 6) is 0.301. The first-order valence-corrected chi connectivity index (χ1v) is 5.19. The van der Waals surface area contributed by atoms with E-state index in [1.807, 2.05) is 33.8 Å². The number of benzene rings is 1. The molecule has 0 spiro atoms. The number of aryl methyl sites for hydroxylation is 2. The van der Waals surface area contributed by atoms with Crippen molar-refractivity contribution in [2.45, 2.75) is 27.7 Å². The summed E-state index contributed by atoms with van der Waals surface area (Å²) in [6, 6.07) is 1.94. The van der Waals surface area contributed by atoms with Crippen molar-refractivity contribution in [3.05, 3.63) is 41.5 Å². The molecule has 0 saturated heterocycles. The predicted molar refractivity (Wildman–Crippen MR) is 69.1 cm³/mol. The molecule has 1 rings (SSSR count). The molecule has 0 atom stereocenters. The molecule has 1 nitrogen and oxygen atoms in total. The van der Waals surface area contributed by atoms with Gasteiger partial charge in [0.2, 0.25) is 0 Å². The highest BCUT2D eigenvalue weighted by atomic mass is 16.3. The first-order valence-electron chi connectivity index (χ1n) is 5.19. The van der Waals surface area contributed by atoms with Crippen LogP contribution in [-0.2, 0) is 0 Å². The molecule has 0 fully saturated rings. The van der Waals surface area contributed by atoms with Gasteiger partial charge in [0.05, 0.1) is 0 Å². The highest BCUT2D eigenvalue weighted by Crippen LogP contribution is 2.29. The number of hydrogen-bond acceptors (Lipinski definition) is 1. The maximum atomic E-state index is 9.71. The van der Waals surface area contributed by atoms with Gasteiger partial charge in [-0.3, -0.25) is 0 Å². The van der Waals surface area contributed by atoms with Crippen LogP contribution in [0.15, 0.2) is 19.2 Å². The third kappa shape index (κ3) is 2.72. The largest absolute Gasteiger partial charge is 0.507 e. The SMILES string of the molecule is C=Cc1c(C)cc(C)c(O)c1C=C.CC. The van der Waals surface area contributed by atoms with Crippen LogP contribution in [0.1, 0.15) is 36.1 Å². The van der Waals surface area contributed by atoms with Crippen LogP contribution in [0.5, 0.6) is 5.75 Å². The van der Waals surface area contributed by atoms with Gasteiger partial charge < -0.3 is 5.11 Å². The van der Waals surface area contributed by atoms with Gasteiger partial charge in [0.25, 0.3) is 0 Å². The van der Waals surface area contributed by atoms with E-state index in [2.05, 4.69) is 13.2 Å². The fourth-order valence-electron chi connectivity index (χ4n) is 1.50. The second-order valence-electron chi connectivity index (χ2n) is 3.09. The van der Waals surface area contributed by atoms with E-state index in [1.54, 1.807) is 12.2 Å². The molecule has 0 aliphatic carbocycles. The van der Waals surface area contributed by atoms with Crippen molar-refractivity contribution in [1.29, 1.82) is 0 Å². The molecular formula is C14H20O. The molecule has 1 aromatic rings. The lowest BCUT2D eigenvalue weighted by molar-refractivity contribution is 0.469. The van der Waals surface area contributed by atoms with Crippen molar-refractivity contribution in [2.75, 3.05) is 0 Å². The summed E-state index contributed by atoms with van der Waals surface area (Å²) in [5, 5.41) is 9.71. The van der Waals surface area contributed by atoms with Gasteiger partial charge >= 0.3 is 0 Å². The van der Waals surface area contributed by atoms with Crippen LogP contribution in [-0.4, -0.2) is 5.11 Å². The molecule has 0 aromatic heterocycles. The Bertz CT molecular complexity index is 362. The minimum atomic E-state index is 0.301. The van der Waals surface area contributed by atoms with Gasteiger partial charge in [0, 0.05) is 5.56 Å². The van der Waals surface area contributed by atoms with E-state index < -0.39 is 0 Å². The van der Waals surface area contributed by atoms with Gasteiger partial charge in [0.15, 0.2) is 0 Å². The van der Waals surface area contributed by atoms with Gasteiger partial charge in [-0.15, -0.1) is 0 Å². The van der Waals surface area contributed by atoms with Gasteiger partial charge in [-0.25, -0.2) is 0 Å². The first kappa shape index (κ1) is 13.5. The van der Waals surface area contributed by atoms with E-state index in [0.717, 1.165) is 22.3 Å². The molecule has 0 aliphatic heterocycles. The van der Waals surface area contributed by atoms with E-state index in [4.69, 9.17) is 0 Å². The van der Waals surface area contributed by atoms with E-state index >= 15 is 0 Å². The van der Waals surface area contributed by atoms with Crippen molar-refractivity contribution < 1.29 is 5.11 Å². The molecule has 0 heterocycles. The molecule has 0 aliphatic rings. The van der Waals surface area contributed by atoms with Crippen LogP contribution in [0.3, 0.4) is 0 Å². The van der Waals surface area contributed by atoms with Crippen LogP contribution in [0.4, 0.5) is 0 Å². The lowest BCUT2D eigenvalue weighted by atomic mass is 9.97. The third-order valence-electron chi connectivity index (χ3n) is 2.18. The quantitative estimate of drug-likeness (QED) is 0.760. The number of phenolic OH excluding ortho intramolecular Hbond substituents is 1. The Morgan fingerprint density at radius 2 is 1.47 bits per heavy atom. The topological polar surface area (TPSA) is 20.2 Å². The monoisotopic (exact) mass is 204 g/mol. The van der Waals surface area contributed by atoms with E-state index in [-0.39, 0.29) is 0 Å². The summed E-state index contributed by atoms with van der Waals surface area (Å²) < 4.78 is 0. The average molecular weight is 204 g/mol. The summed E-state index contributed by atoms with van der Waals surface area (Å²) in [6.07, 6.45) is 3.40. The molecule has 0 bridgehead atoms. The van der Waals surface area contributed by atoms with Gasteiger partial charge in [-0.1, -0.05) is 45.2 Å². The Kier molecular flexibility index (Phi) is 5.46. The van der Waals surface area contributed by atoms with Gasteiger partial charge in [0.1, 0.15) is 5.75 Å². The fraction of sp³-hybridized carbons (Fsp3) is 0.286. The normalized spacial score (nSPS) is 8.80. The van der Waals surface area contributed by atoms with Crippen LogP contribution in [0.2, 0.25) is 0 Å².